The lowest BCUT2D eigenvalue weighted by atomic mass is 9.46. The minimum absolute atomic E-state index is 0.0432. The van der Waals surface area contributed by atoms with Crippen LogP contribution in [0.4, 0.5) is 0 Å². The van der Waals surface area contributed by atoms with Gasteiger partial charge in [-0.3, -0.25) is 24.0 Å². The van der Waals surface area contributed by atoms with Crippen LogP contribution in [0.5, 0.6) is 0 Å². The normalized spacial score (nSPS) is 31.7. The lowest BCUT2D eigenvalue weighted by Gasteiger charge is -2.59. The van der Waals surface area contributed by atoms with Crippen molar-refractivity contribution in [3.8, 4) is 0 Å². The Kier molecular flexibility index (Phi) is 11.4. The summed E-state index contributed by atoms with van der Waals surface area (Å²) in [6.45, 7) is 2.46. The fraction of sp³-hybridized carbons (Fsp3) is 0.719. The van der Waals surface area contributed by atoms with E-state index in [-0.39, 0.29) is 93.9 Å². The summed E-state index contributed by atoms with van der Waals surface area (Å²) in [7, 11) is 0. The molecule has 4 aliphatic carbocycles. The van der Waals surface area contributed by atoms with E-state index in [4.69, 9.17) is 9.47 Å². The van der Waals surface area contributed by atoms with E-state index in [0.717, 1.165) is 5.57 Å². The van der Waals surface area contributed by atoms with Crippen LogP contribution < -0.4 is 0 Å². The lowest BCUT2D eigenvalue weighted by Crippen LogP contribution is -2.63. The van der Waals surface area contributed by atoms with Gasteiger partial charge in [0.05, 0.1) is 25.7 Å². The second-order valence-electron chi connectivity index (χ2n) is 13.5. The average molecular weight is 679 g/mol. The third-order valence-electron chi connectivity index (χ3n) is 10.8. The number of carbonyl (C=O) groups excluding carboxylic acids is 5. The van der Waals surface area contributed by atoms with Crippen molar-refractivity contribution < 1.29 is 58.4 Å². The molecule has 0 heterocycles. The molecule has 16 heteroatoms. The number of hydrogen-bond acceptors (Lipinski definition) is 14. The Morgan fingerprint density at radius 3 is 2.29 bits per heavy atom. The zero-order valence-electron chi connectivity index (χ0n) is 27.1. The molecule has 0 aromatic rings. The fourth-order valence-corrected chi connectivity index (χ4v) is 8.71. The van der Waals surface area contributed by atoms with Crippen LogP contribution in [-0.2, 0) is 43.1 Å². The van der Waals surface area contributed by atoms with Gasteiger partial charge in [0.25, 0.3) is 10.2 Å². The second kappa shape index (κ2) is 14.9. The molecular weight excluding hydrogens is 636 g/mol. The number of ether oxygens (including phenoxy) is 2. The predicted molar refractivity (Wildman–Crippen MR) is 161 cm³/mol. The molecule has 0 bridgehead atoms. The number of nitrogens with zero attached hydrogens (tertiary/aromatic N) is 2. The molecule has 0 spiro atoms. The first-order valence-corrected chi connectivity index (χ1v) is 16.2. The maximum atomic E-state index is 14.1. The Bertz CT molecular complexity index is 1390. The molecule has 264 valence electrons. The maximum absolute atomic E-state index is 14.1. The topological polar surface area (TPSA) is 229 Å². The van der Waals surface area contributed by atoms with Crippen molar-refractivity contribution in [2.45, 2.75) is 96.2 Å². The largest absolute Gasteiger partial charge is 0.457 e. The molecular formula is C32H42N2O14. The number of fused-ring (bicyclic) bond motifs is 5. The fourth-order valence-electron chi connectivity index (χ4n) is 8.71. The standard InChI is InChI=1S/C32H42N2O14/c1-30-13-11-22(36)17-20(30)7-9-23-24-12-14-32(31(24,2)18-25(37)29(23)30,48-28(40)6-4-16-47-34(43)44)26(38)19-45-27(39)10-8-21(35)5-3-15-46-33(41)42/h11,13,17,23-25,29,37H,3-10,12,14-16,18-19H2,1-2H3/t23?,24?,25-,29+,30-,31-,32-/m0/s1. The van der Waals surface area contributed by atoms with Gasteiger partial charge in [0.2, 0.25) is 5.78 Å². The van der Waals surface area contributed by atoms with Gasteiger partial charge in [-0.1, -0.05) is 25.5 Å². The summed E-state index contributed by atoms with van der Waals surface area (Å²) in [4.78, 5) is 93.2. The zero-order valence-corrected chi connectivity index (χ0v) is 27.1. The van der Waals surface area contributed by atoms with E-state index in [0.29, 0.717) is 19.3 Å². The Labute approximate surface area is 276 Å². The zero-order chi connectivity index (χ0) is 35.3. The number of rotatable bonds is 17. The van der Waals surface area contributed by atoms with Crippen LogP contribution in [0.1, 0.15) is 84.5 Å². The molecule has 1 N–H and O–H groups in total. The summed E-state index contributed by atoms with van der Waals surface area (Å²) >= 11 is 0. The minimum Gasteiger partial charge on any atom is -0.457 e. The number of hydrogen-bond donors (Lipinski definition) is 1. The van der Waals surface area contributed by atoms with Crippen LogP contribution in [0, 0.1) is 48.8 Å². The minimum atomic E-state index is -1.77. The number of ketones is 3. The van der Waals surface area contributed by atoms with Gasteiger partial charge in [0, 0.05) is 36.0 Å². The number of carbonyl (C=O) groups is 5. The van der Waals surface area contributed by atoms with Gasteiger partial charge >= 0.3 is 11.9 Å². The van der Waals surface area contributed by atoms with E-state index in [9.17, 15) is 49.3 Å². The summed E-state index contributed by atoms with van der Waals surface area (Å²) in [5.41, 5.74) is -2.43. The molecule has 0 radical (unpaired) electrons. The number of Topliss-reactive ketones (excluding diaryl/α,β-unsaturated/α-hetero) is 2. The smallest absolute Gasteiger partial charge is 0.306 e. The van der Waals surface area contributed by atoms with Crippen molar-refractivity contribution in [3.63, 3.8) is 0 Å². The second-order valence-corrected chi connectivity index (χ2v) is 13.5. The van der Waals surface area contributed by atoms with Crippen LogP contribution in [0.2, 0.25) is 0 Å². The first-order chi connectivity index (χ1) is 22.6. The molecule has 7 atom stereocenters. The van der Waals surface area contributed by atoms with Crippen LogP contribution in [0.25, 0.3) is 0 Å². The molecule has 0 amide bonds. The van der Waals surface area contributed by atoms with Crippen molar-refractivity contribution in [1.82, 2.24) is 0 Å². The first kappa shape index (κ1) is 36.6. The lowest BCUT2D eigenvalue weighted by molar-refractivity contribution is -0.757. The number of allylic oxidation sites excluding steroid dienone is 4. The molecule has 16 nitrogen and oxygen atoms in total. The van der Waals surface area contributed by atoms with Gasteiger partial charge in [-0.2, -0.15) is 0 Å². The molecule has 0 aromatic heterocycles. The highest BCUT2D eigenvalue weighted by Gasteiger charge is 2.70. The van der Waals surface area contributed by atoms with Crippen LogP contribution >= 0.6 is 0 Å². The third-order valence-corrected chi connectivity index (χ3v) is 10.8. The van der Waals surface area contributed by atoms with E-state index in [2.05, 4.69) is 9.68 Å². The summed E-state index contributed by atoms with van der Waals surface area (Å²) in [5, 5.41) is 30.6. The highest BCUT2D eigenvalue weighted by molar-refractivity contribution is 6.01. The molecule has 0 saturated heterocycles. The Morgan fingerprint density at radius 2 is 1.62 bits per heavy atom. The van der Waals surface area contributed by atoms with Gasteiger partial charge in [-0.25, -0.2) is 0 Å². The molecule has 0 aromatic carbocycles. The van der Waals surface area contributed by atoms with E-state index >= 15 is 0 Å². The molecule has 4 rings (SSSR count). The van der Waals surface area contributed by atoms with Crippen molar-refractivity contribution in [1.29, 1.82) is 0 Å². The number of aliphatic hydroxyl groups excluding tert-OH is 1. The summed E-state index contributed by atoms with van der Waals surface area (Å²) in [6.07, 6.45) is 5.24. The number of aliphatic hydroxyl groups is 1. The SMILES string of the molecule is C[C@]12C=CC(=O)C=C1CCC1C3CC[C@](OC(=O)CCCO[N+](=O)[O-])(C(=O)COC(=O)CCC(=O)CCCO[N+](=O)[O-])[C@@]3(C)C[C@H](O)[C@@H]12. The maximum Gasteiger partial charge on any atom is 0.306 e. The number of esters is 2. The Hall–Kier alpha value is -4.21. The monoisotopic (exact) mass is 678 g/mol. The first-order valence-electron chi connectivity index (χ1n) is 16.2. The highest BCUT2D eigenvalue weighted by Crippen LogP contribution is 2.68. The van der Waals surface area contributed by atoms with E-state index in [1.807, 2.05) is 19.9 Å². The quantitative estimate of drug-likeness (QED) is 0.101. The van der Waals surface area contributed by atoms with Crippen LogP contribution in [0.15, 0.2) is 23.8 Å². The molecule has 4 aliphatic rings. The van der Waals surface area contributed by atoms with Gasteiger partial charge in [-0.15, -0.1) is 20.2 Å². The van der Waals surface area contributed by atoms with Crippen molar-refractivity contribution in [2.24, 2.45) is 28.6 Å². The van der Waals surface area contributed by atoms with Gasteiger partial charge < -0.3 is 24.3 Å². The van der Waals surface area contributed by atoms with Crippen LogP contribution in [0.3, 0.4) is 0 Å². The van der Waals surface area contributed by atoms with E-state index in [1.54, 1.807) is 6.08 Å². The van der Waals surface area contributed by atoms with Crippen molar-refractivity contribution in [2.75, 3.05) is 19.8 Å². The van der Waals surface area contributed by atoms with E-state index < -0.39 is 57.0 Å². The van der Waals surface area contributed by atoms with Crippen molar-refractivity contribution in [3.05, 3.63) is 44.0 Å². The van der Waals surface area contributed by atoms with Crippen molar-refractivity contribution >= 4 is 29.3 Å². The van der Waals surface area contributed by atoms with Crippen LogP contribution in [-0.4, -0.2) is 76.1 Å². The summed E-state index contributed by atoms with van der Waals surface area (Å²) in [5.74, 6) is -3.23. The molecule has 2 unspecified atom stereocenters. The van der Waals surface area contributed by atoms with Gasteiger partial charge in [0.1, 0.15) is 5.78 Å². The highest BCUT2D eigenvalue weighted by atomic mass is 17.0. The van der Waals surface area contributed by atoms with Gasteiger partial charge in [0.15, 0.2) is 18.0 Å². The molecule has 3 fully saturated rings. The average Bonchev–Trinajstić information content (AvgIpc) is 3.31. The van der Waals surface area contributed by atoms with Gasteiger partial charge in [-0.05, 0) is 68.9 Å². The summed E-state index contributed by atoms with van der Waals surface area (Å²) < 4.78 is 11.3. The predicted octanol–water partition coefficient (Wildman–Crippen LogP) is 2.99. The Morgan fingerprint density at radius 1 is 0.958 bits per heavy atom. The molecule has 48 heavy (non-hydrogen) atoms. The Balaban J connectivity index is 1.49. The van der Waals surface area contributed by atoms with E-state index in [1.165, 1.54) is 6.08 Å². The molecule has 0 aliphatic heterocycles. The summed E-state index contributed by atoms with van der Waals surface area (Å²) in [6, 6.07) is 0. The molecule has 3 saturated carbocycles. The third kappa shape index (κ3) is 7.58.